The molecule has 2 N–H and O–H groups in total. The third kappa shape index (κ3) is 3.63. The summed E-state index contributed by atoms with van der Waals surface area (Å²) in [5, 5.41) is 0. The number of likely N-dealkylation sites (N-methyl/N-ethyl adjacent to an activating group) is 2. The highest BCUT2D eigenvalue weighted by Gasteiger charge is 2.22. The van der Waals surface area contributed by atoms with Crippen molar-refractivity contribution in [3.05, 3.63) is 0 Å². The zero-order valence-electron chi connectivity index (χ0n) is 9.16. The number of rotatable bonds is 4. The maximum atomic E-state index is 5.73. The molecule has 1 fully saturated rings. The van der Waals surface area contributed by atoms with Gasteiger partial charge in [-0.05, 0) is 47.0 Å². The van der Waals surface area contributed by atoms with Gasteiger partial charge in [-0.25, -0.2) is 0 Å². The van der Waals surface area contributed by atoms with Crippen molar-refractivity contribution in [2.24, 2.45) is 5.73 Å². The molecule has 0 radical (unpaired) electrons. The van der Waals surface area contributed by atoms with Crippen LogP contribution in [-0.2, 0) is 0 Å². The molecule has 0 aromatic heterocycles. The minimum Gasteiger partial charge on any atom is -0.328 e. The molecule has 3 heteroatoms. The zero-order valence-corrected chi connectivity index (χ0v) is 9.16. The van der Waals surface area contributed by atoms with Crippen LogP contribution in [0.5, 0.6) is 0 Å². The number of nitrogens with two attached hydrogens (primary N) is 1. The second-order valence-corrected chi connectivity index (χ2v) is 4.45. The van der Waals surface area contributed by atoms with Gasteiger partial charge in [-0.15, -0.1) is 0 Å². The molecule has 1 heterocycles. The van der Waals surface area contributed by atoms with E-state index in [1.54, 1.807) is 0 Å². The Balaban J connectivity index is 2.19. The van der Waals surface area contributed by atoms with Gasteiger partial charge in [-0.2, -0.15) is 0 Å². The van der Waals surface area contributed by atoms with Crippen LogP contribution in [-0.4, -0.2) is 55.6 Å². The van der Waals surface area contributed by atoms with Gasteiger partial charge in [-0.3, -0.25) is 0 Å². The molecule has 1 saturated heterocycles. The normalized spacial score (nSPS) is 27.0. The topological polar surface area (TPSA) is 32.5 Å². The second-order valence-electron chi connectivity index (χ2n) is 4.45. The molecule has 0 amide bonds. The number of hydrogen-bond donors (Lipinski definition) is 1. The van der Waals surface area contributed by atoms with E-state index in [9.17, 15) is 0 Å². The lowest BCUT2D eigenvalue weighted by molar-refractivity contribution is 0.235. The van der Waals surface area contributed by atoms with Crippen molar-refractivity contribution in [1.82, 2.24) is 9.80 Å². The molecule has 78 valence electrons. The zero-order chi connectivity index (χ0) is 9.84. The van der Waals surface area contributed by atoms with Crippen LogP contribution in [0.2, 0.25) is 0 Å². The fraction of sp³-hybridized carbons (Fsp3) is 1.00. The minimum absolute atomic E-state index is 0.335. The Morgan fingerprint density at radius 2 is 2.31 bits per heavy atom. The Morgan fingerprint density at radius 1 is 1.62 bits per heavy atom. The summed E-state index contributed by atoms with van der Waals surface area (Å²) in [5.74, 6) is 0. The third-order valence-electron chi connectivity index (χ3n) is 2.93. The molecule has 0 bridgehead atoms. The molecule has 0 aromatic carbocycles. The smallest absolute Gasteiger partial charge is 0.0232 e. The maximum Gasteiger partial charge on any atom is 0.0232 e. The average Bonchev–Trinajstić information content (AvgIpc) is 2.47. The predicted octanol–water partition coefficient (Wildman–Crippen LogP) is 0.360. The van der Waals surface area contributed by atoms with E-state index in [1.807, 2.05) is 0 Å². The van der Waals surface area contributed by atoms with E-state index >= 15 is 0 Å². The van der Waals surface area contributed by atoms with Crippen LogP contribution in [0.1, 0.15) is 19.8 Å². The highest BCUT2D eigenvalue weighted by molar-refractivity contribution is 4.80. The quantitative estimate of drug-likeness (QED) is 0.686. The third-order valence-corrected chi connectivity index (χ3v) is 2.93. The van der Waals surface area contributed by atoms with Crippen LogP contribution in [0.4, 0.5) is 0 Å². The van der Waals surface area contributed by atoms with E-state index in [-0.39, 0.29) is 0 Å². The molecule has 1 aliphatic heterocycles. The molecule has 1 rings (SSSR count). The van der Waals surface area contributed by atoms with E-state index in [0.717, 1.165) is 19.0 Å². The fourth-order valence-electron chi connectivity index (χ4n) is 1.86. The van der Waals surface area contributed by atoms with Gasteiger partial charge in [0, 0.05) is 18.6 Å². The molecule has 13 heavy (non-hydrogen) atoms. The predicted molar refractivity (Wildman–Crippen MR) is 56.8 cm³/mol. The molecular formula is C10H23N3. The molecule has 0 saturated carbocycles. The fourth-order valence-corrected chi connectivity index (χ4v) is 1.86. The molecule has 0 aliphatic carbocycles. The minimum atomic E-state index is 0.335. The van der Waals surface area contributed by atoms with Crippen molar-refractivity contribution in [3.8, 4) is 0 Å². The highest BCUT2D eigenvalue weighted by atomic mass is 15.2. The summed E-state index contributed by atoms with van der Waals surface area (Å²) in [6, 6.07) is 1.09. The summed E-state index contributed by atoms with van der Waals surface area (Å²) >= 11 is 0. The summed E-state index contributed by atoms with van der Waals surface area (Å²) in [6.07, 6.45) is 2.42. The van der Waals surface area contributed by atoms with Crippen molar-refractivity contribution in [2.45, 2.75) is 31.8 Å². The van der Waals surface area contributed by atoms with Gasteiger partial charge < -0.3 is 15.5 Å². The SMILES string of the molecule is CC(N)CCN(C)C1CCN(C)C1. The lowest BCUT2D eigenvalue weighted by atomic mass is 10.2. The van der Waals surface area contributed by atoms with E-state index in [4.69, 9.17) is 5.73 Å². The van der Waals surface area contributed by atoms with Gasteiger partial charge in [0.15, 0.2) is 0 Å². The first kappa shape index (κ1) is 11.0. The molecule has 2 unspecified atom stereocenters. The van der Waals surface area contributed by atoms with E-state index < -0.39 is 0 Å². The first-order valence-electron chi connectivity index (χ1n) is 5.24. The summed E-state index contributed by atoms with van der Waals surface area (Å²) in [5.41, 5.74) is 5.73. The molecule has 3 nitrogen and oxygen atoms in total. The monoisotopic (exact) mass is 185 g/mol. The van der Waals surface area contributed by atoms with E-state index in [2.05, 4.69) is 30.8 Å². The average molecular weight is 185 g/mol. The Kier molecular flexibility index (Phi) is 4.16. The van der Waals surface area contributed by atoms with Crippen LogP contribution in [0.3, 0.4) is 0 Å². The van der Waals surface area contributed by atoms with Gasteiger partial charge in [0.1, 0.15) is 0 Å². The standard InChI is InChI=1S/C10H23N3/c1-9(11)4-7-13(3)10-5-6-12(2)8-10/h9-10H,4-8,11H2,1-3H3. The molecule has 1 aliphatic rings. The van der Waals surface area contributed by atoms with Gasteiger partial charge in [0.2, 0.25) is 0 Å². The number of nitrogens with zero attached hydrogens (tertiary/aromatic N) is 2. The van der Waals surface area contributed by atoms with Gasteiger partial charge in [0.25, 0.3) is 0 Å². The highest BCUT2D eigenvalue weighted by Crippen LogP contribution is 2.12. The maximum absolute atomic E-state index is 5.73. The van der Waals surface area contributed by atoms with Crippen molar-refractivity contribution >= 4 is 0 Å². The largest absolute Gasteiger partial charge is 0.328 e. The van der Waals surface area contributed by atoms with Crippen LogP contribution >= 0.6 is 0 Å². The van der Waals surface area contributed by atoms with Crippen molar-refractivity contribution < 1.29 is 0 Å². The number of likely N-dealkylation sites (tertiary alicyclic amines) is 1. The Morgan fingerprint density at radius 3 is 2.77 bits per heavy atom. The summed E-state index contributed by atoms with van der Waals surface area (Å²) in [7, 11) is 4.41. The Bertz CT molecular complexity index is 147. The van der Waals surface area contributed by atoms with Crippen LogP contribution in [0.15, 0.2) is 0 Å². The second kappa shape index (κ2) is 4.94. The molecule has 0 aromatic rings. The molecule has 2 atom stereocenters. The Labute approximate surface area is 81.9 Å². The molecular weight excluding hydrogens is 162 g/mol. The van der Waals surface area contributed by atoms with Crippen LogP contribution < -0.4 is 5.73 Å². The Hall–Kier alpha value is -0.120. The first-order valence-corrected chi connectivity index (χ1v) is 5.24. The lowest BCUT2D eigenvalue weighted by Crippen LogP contribution is -2.36. The van der Waals surface area contributed by atoms with Crippen molar-refractivity contribution in [2.75, 3.05) is 33.7 Å². The van der Waals surface area contributed by atoms with Gasteiger partial charge >= 0.3 is 0 Å². The van der Waals surface area contributed by atoms with Crippen molar-refractivity contribution in [3.63, 3.8) is 0 Å². The van der Waals surface area contributed by atoms with E-state index in [1.165, 1.54) is 19.5 Å². The van der Waals surface area contributed by atoms with E-state index in [0.29, 0.717) is 6.04 Å². The lowest BCUT2D eigenvalue weighted by Gasteiger charge is -2.24. The first-order chi connectivity index (χ1) is 6.09. The van der Waals surface area contributed by atoms with Crippen LogP contribution in [0.25, 0.3) is 0 Å². The van der Waals surface area contributed by atoms with Crippen molar-refractivity contribution in [1.29, 1.82) is 0 Å². The number of hydrogen-bond acceptors (Lipinski definition) is 3. The summed E-state index contributed by atoms with van der Waals surface area (Å²) in [4.78, 5) is 4.85. The summed E-state index contributed by atoms with van der Waals surface area (Å²) in [6.45, 7) is 5.67. The molecule has 0 spiro atoms. The van der Waals surface area contributed by atoms with Gasteiger partial charge in [-0.1, -0.05) is 0 Å². The van der Waals surface area contributed by atoms with Gasteiger partial charge in [0.05, 0.1) is 0 Å². The van der Waals surface area contributed by atoms with Crippen LogP contribution in [0, 0.1) is 0 Å². The summed E-state index contributed by atoms with van der Waals surface area (Å²) < 4.78 is 0.